The molecule has 0 bridgehead atoms. The summed E-state index contributed by atoms with van der Waals surface area (Å²) in [5.41, 5.74) is 0.845. The van der Waals surface area contributed by atoms with Gasteiger partial charge in [-0.2, -0.15) is 0 Å². The SMILES string of the molecule is CC1=C(C(=O)OCC(=O)c2ccccc2)N2C(=O)C(NC(=O)c3ccccc3C(=O)O)[C@@H]2SC1. The van der Waals surface area contributed by atoms with Crippen LogP contribution in [0.15, 0.2) is 65.9 Å². The number of carboxylic acid groups (broad SMARTS) is 1. The number of carboxylic acids is 1. The monoisotopic (exact) mass is 480 g/mol. The molecule has 2 aromatic carbocycles. The molecule has 0 spiro atoms. The van der Waals surface area contributed by atoms with Crippen LogP contribution in [-0.4, -0.2) is 63.3 Å². The number of hydrogen-bond donors (Lipinski definition) is 2. The van der Waals surface area contributed by atoms with Gasteiger partial charge in [0.1, 0.15) is 17.1 Å². The van der Waals surface area contributed by atoms with Gasteiger partial charge in [-0.15, -0.1) is 11.8 Å². The topological polar surface area (TPSA) is 130 Å². The summed E-state index contributed by atoms with van der Waals surface area (Å²) in [6, 6.07) is 13.2. The van der Waals surface area contributed by atoms with E-state index in [1.54, 1.807) is 37.3 Å². The fourth-order valence-electron chi connectivity index (χ4n) is 3.76. The number of esters is 1. The van der Waals surface area contributed by atoms with Crippen LogP contribution in [0.3, 0.4) is 0 Å². The van der Waals surface area contributed by atoms with E-state index in [4.69, 9.17) is 4.74 Å². The molecule has 174 valence electrons. The summed E-state index contributed by atoms with van der Waals surface area (Å²) in [6.45, 7) is 1.23. The second kappa shape index (κ2) is 9.52. The Morgan fingerprint density at radius 2 is 1.71 bits per heavy atom. The minimum absolute atomic E-state index is 0.0612. The van der Waals surface area contributed by atoms with Crippen LogP contribution in [-0.2, 0) is 14.3 Å². The van der Waals surface area contributed by atoms with E-state index in [2.05, 4.69) is 5.32 Å². The Kier molecular flexibility index (Phi) is 6.51. The predicted octanol–water partition coefficient (Wildman–Crippen LogP) is 2.10. The Morgan fingerprint density at radius 3 is 2.38 bits per heavy atom. The number of carbonyl (C=O) groups excluding carboxylic acids is 4. The third-order valence-electron chi connectivity index (χ3n) is 5.47. The number of hydrogen-bond acceptors (Lipinski definition) is 7. The van der Waals surface area contributed by atoms with Crippen molar-refractivity contribution in [2.24, 2.45) is 0 Å². The maximum absolute atomic E-state index is 12.9. The zero-order valence-electron chi connectivity index (χ0n) is 18.0. The van der Waals surface area contributed by atoms with Crippen molar-refractivity contribution in [1.29, 1.82) is 0 Å². The van der Waals surface area contributed by atoms with Gasteiger partial charge >= 0.3 is 11.9 Å². The van der Waals surface area contributed by atoms with Crippen LogP contribution >= 0.6 is 11.8 Å². The smallest absolute Gasteiger partial charge is 0.355 e. The first-order valence-corrected chi connectivity index (χ1v) is 11.4. The van der Waals surface area contributed by atoms with E-state index in [9.17, 15) is 29.1 Å². The summed E-state index contributed by atoms with van der Waals surface area (Å²) in [7, 11) is 0. The van der Waals surface area contributed by atoms with Crippen molar-refractivity contribution in [2.45, 2.75) is 18.3 Å². The second-order valence-electron chi connectivity index (χ2n) is 7.71. The number of β-lactam (4-membered cyclic amide) rings is 1. The lowest BCUT2D eigenvalue weighted by Crippen LogP contribution is -2.70. The number of benzene rings is 2. The molecule has 0 aliphatic carbocycles. The zero-order chi connectivity index (χ0) is 24.4. The van der Waals surface area contributed by atoms with E-state index in [1.807, 2.05) is 0 Å². The minimum atomic E-state index is -1.26. The normalized spacial score (nSPS) is 19.1. The van der Waals surface area contributed by atoms with Gasteiger partial charge in [-0.1, -0.05) is 42.5 Å². The van der Waals surface area contributed by atoms with Gasteiger partial charge in [-0.3, -0.25) is 19.3 Å². The molecule has 1 fully saturated rings. The van der Waals surface area contributed by atoms with E-state index < -0.39 is 41.8 Å². The van der Waals surface area contributed by atoms with Crippen LogP contribution < -0.4 is 5.32 Å². The molecule has 2 aliphatic heterocycles. The average molecular weight is 480 g/mol. The standard InChI is InChI=1S/C24H20N2O7S/c1-13-12-34-22-18(25-20(28)15-9-5-6-10-16(15)23(30)31)21(29)26(22)19(13)24(32)33-11-17(27)14-7-3-2-4-8-14/h2-10,18,22H,11-12H2,1H3,(H,25,28)(H,30,31)/t18?,22-/m0/s1. The highest BCUT2D eigenvalue weighted by atomic mass is 32.2. The van der Waals surface area contributed by atoms with Crippen molar-refractivity contribution < 1.29 is 33.8 Å². The molecule has 1 saturated heterocycles. The summed E-state index contributed by atoms with van der Waals surface area (Å²) >= 11 is 1.36. The number of ketones is 1. The van der Waals surface area contributed by atoms with Gasteiger partial charge in [0.25, 0.3) is 11.8 Å². The Hall–Kier alpha value is -3.92. The second-order valence-corrected chi connectivity index (χ2v) is 8.81. The first-order valence-electron chi connectivity index (χ1n) is 10.3. The van der Waals surface area contributed by atoms with Crippen molar-refractivity contribution in [1.82, 2.24) is 10.2 Å². The van der Waals surface area contributed by atoms with Crippen molar-refractivity contribution >= 4 is 41.3 Å². The molecule has 1 unspecified atom stereocenters. The van der Waals surface area contributed by atoms with Gasteiger partial charge in [0.2, 0.25) is 0 Å². The maximum Gasteiger partial charge on any atom is 0.355 e. The van der Waals surface area contributed by atoms with Crippen LogP contribution in [0.25, 0.3) is 0 Å². The summed E-state index contributed by atoms with van der Waals surface area (Å²) in [5, 5.41) is 11.3. The average Bonchev–Trinajstić information content (AvgIpc) is 2.85. The minimum Gasteiger partial charge on any atom is -0.478 e. The molecule has 10 heteroatoms. The van der Waals surface area contributed by atoms with Crippen LogP contribution in [0.4, 0.5) is 0 Å². The highest BCUT2D eigenvalue weighted by Gasteiger charge is 2.54. The number of aromatic carboxylic acids is 1. The van der Waals surface area contributed by atoms with Crippen molar-refractivity contribution in [3.8, 4) is 0 Å². The first-order chi connectivity index (χ1) is 16.3. The van der Waals surface area contributed by atoms with E-state index in [0.717, 1.165) is 0 Å². The molecular formula is C24H20N2O7S. The van der Waals surface area contributed by atoms with E-state index >= 15 is 0 Å². The fraction of sp³-hybridized carbons (Fsp3) is 0.208. The zero-order valence-corrected chi connectivity index (χ0v) is 18.8. The van der Waals surface area contributed by atoms with Gasteiger partial charge < -0.3 is 15.2 Å². The first kappa shape index (κ1) is 23.2. The third-order valence-corrected chi connectivity index (χ3v) is 6.90. The predicted molar refractivity (Wildman–Crippen MR) is 122 cm³/mol. The number of nitrogens with one attached hydrogen (secondary N) is 1. The summed E-state index contributed by atoms with van der Waals surface area (Å²) in [5.74, 6) is -3.20. The Morgan fingerprint density at radius 1 is 1.06 bits per heavy atom. The molecule has 34 heavy (non-hydrogen) atoms. The molecule has 4 rings (SSSR count). The van der Waals surface area contributed by atoms with Gasteiger partial charge in [-0.25, -0.2) is 9.59 Å². The Labute approximate surface area is 198 Å². The van der Waals surface area contributed by atoms with Gasteiger partial charge in [0.05, 0.1) is 11.1 Å². The Balaban J connectivity index is 1.44. The number of thioether (sulfide) groups is 1. The summed E-state index contributed by atoms with van der Waals surface area (Å²) in [4.78, 5) is 63.2. The summed E-state index contributed by atoms with van der Waals surface area (Å²) in [6.07, 6.45) is 0. The number of rotatable bonds is 7. The van der Waals surface area contributed by atoms with E-state index in [1.165, 1.54) is 40.9 Å². The third kappa shape index (κ3) is 4.32. The molecule has 2 atom stereocenters. The summed E-state index contributed by atoms with van der Waals surface area (Å²) < 4.78 is 5.19. The number of Topliss-reactive ketones (excluding diaryl/α,β-unsaturated/α-hetero) is 1. The Bertz CT molecular complexity index is 1220. The fourth-order valence-corrected chi connectivity index (χ4v) is 5.05. The molecule has 2 aromatic rings. The van der Waals surface area contributed by atoms with Crippen molar-refractivity contribution in [2.75, 3.05) is 12.4 Å². The van der Waals surface area contributed by atoms with Gasteiger partial charge in [0.15, 0.2) is 12.4 Å². The molecule has 0 saturated carbocycles. The molecule has 9 nitrogen and oxygen atoms in total. The van der Waals surface area contributed by atoms with Crippen LogP contribution in [0.5, 0.6) is 0 Å². The van der Waals surface area contributed by atoms with E-state index in [-0.39, 0.29) is 22.6 Å². The van der Waals surface area contributed by atoms with Gasteiger partial charge in [0, 0.05) is 11.3 Å². The molecule has 2 N–H and O–H groups in total. The lowest BCUT2D eigenvalue weighted by Gasteiger charge is -2.49. The van der Waals surface area contributed by atoms with E-state index in [0.29, 0.717) is 16.9 Å². The lowest BCUT2D eigenvalue weighted by atomic mass is 10.0. The molecule has 2 heterocycles. The molecule has 0 aromatic heterocycles. The molecule has 2 aliphatic rings. The molecule has 0 radical (unpaired) electrons. The lowest BCUT2D eigenvalue weighted by molar-refractivity contribution is -0.151. The highest BCUT2D eigenvalue weighted by Crippen LogP contribution is 2.40. The number of amides is 2. The highest BCUT2D eigenvalue weighted by molar-refractivity contribution is 8.00. The number of ether oxygens (including phenoxy) is 1. The molecule has 2 amide bonds. The molecular weight excluding hydrogens is 460 g/mol. The number of fused-ring (bicyclic) bond motifs is 1. The number of carbonyl (C=O) groups is 5. The largest absolute Gasteiger partial charge is 0.478 e. The maximum atomic E-state index is 12.9. The van der Waals surface area contributed by atoms with Crippen LogP contribution in [0.2, 0.25) is 0 Å². The van der Waals surface area contributed by atoms with Crippen LogP contribution in [0, 0.1) is 0 Å². The quantitative estimate of drug-likeness (QED) is 0.350. The number of nitrogens with zero attached hydrogens (tertiary/aromatic N) is 1. The van der Waals surface area contributed by atoms with Gasteiger partial charge in [-0.05, 0) is 24.6 Å². The van der Waals surface area contributed by atoms with Crippen molar-refractivity contribution in [3.05, 3.63) is 82.6 Å². The van der Waals surface area contributed by atoms with Crippen LogP contribution in [0.1, 0.15) is 38.0 Å². The van der Waals surface area contributed by atoms with Crippen molar-refractivity contribution in [3.63, 3.8) is 0 Å².